The normalized spacial score (nSPS) is 15.3. The summed E-state index contributed by atoms with van der Waals surface area (Å²) >= 11 is 0. The molecule has 0 radical (unpaired) electrons. The van der Waals surface area contributed by atoms with Crippen molar-refractivity contribution < 1.29 is 14.6 Å². The fourth-order valence-corrected chi connectivity index (χ4v) is 3.57. The highest BCUT2D eigenvalue weighted by atomic mass is 16.7. The fraction of sp³-hybridized carbons (Fsp3) is 0.350. The Balaban J connectivity index is 2.00. The van der Waals surface area contributed by atoms with Crippen molar-refractivity contribution in [2.45, 2.75) is 44.9 Å². The van der Waals surface area contributed by atoms with Crippen LogP contribution >= 0.6 is 0 Å². The van der Waals surface area contributed by atoms with Gasteiger partial charge in [0, 0.05) is 5.56 Å². The van der Waals surface area contributed by atoms with Crippen molar-refractivity contribution in [1.82, 2.24) is 0 Å². The van der Waals surface area contributed by atoms with Gasteiger partial charge in [-0.1, -0.05) is 55.7 Å². The number of rotatable bonds is 3. The lowest BCUT2D eigenvalue weighted by Crippen LogP contribution is -2.06. The summed E-state index contributed by atoms with van der Waals surface area (Å²) in [7, 11) is 0. The van der Waals surface area contributed by atoms with Gasteiger partial charge in [-0.15, -0.1) is 0 Å². The average Bonchev–Trinajstić information content (AvgIpc) is 2.55. The van der Waals surface area contributed by atoms with Crippen molar-refractivity contribution in [2.24, 2.45) is 0 Å². The summed E-state index contributed by atoms with van der Waals surface area (Å²) in [6.07, 6.45) is 5.15. The summed E-state index contributed by atoms with van der Waals surface area (Å²) in [6, 6.07) is 14.0. The zero-order valence-electron chi connectivity index (χ0n) is 13.4. The lowest BCUT2D eigenvalue weighted by atomic mass is 9.83. The van der Waals surface area contributed by atoms with E-state index in [1.807, 2.05) is 25.1 Å². The van der Waals surface area contributed by atoms with Gasteiger partial charge in [0.2, 0.25) is 0 Å². The van der Waals surface area contributed by atoms with Crippen LogP contribution in [0.2, 0.25) is 0 Å². The topological polar surface area (TPSA) is 46.5 Å². The van der Waals surface area contributed by atoms with Crippen LogP contribution < -0.4 is 4.74 Å². The van der Waals surface area contributed by atoms with E-state index in [0.717, 1.165) is 16.7 Å². The highest BCUT2D eigenvalue weighted by Crippen LogP contribution is 2.37. The van der Waals surface area contributed by atoms with Crippen molar-refractivity contribution in [2.75, 3.05) is 0 Å². The molecule has 0 atom stereocenters. The fourth-order valence-electron chi connectivity index (χ4n) is 3.57. The first-order valence-electron chi connectivity index (χ1n) is 8.26. The molecule has 1 aliphatic rings. The van der Waals surface area contributed by atoms with Crippen LogP contribution in [0.25, 0.3) is 11.1 Å². The van der Waals surface area contributed by atoms with E-state index < -0.39 is 6.16 Å². The van der Waals surface area contributed by atoms with E-state index in [2.05, 4.69) is 18.2 Å². The van der Waals surface area contributed by atoms with E-state index in [0.29, 0.717) is 11.7 Å². The molecule has 3 heteroatoms. The number of ether oxygens (including phenoxy) is 1. The molecule has 0 heterocycles. The molecule has 0 bridgehead atoms. The van der Waals surface area contributed by atoms with E-state index in [4.69, 9.17) is 9.84 Å². The third-order valence-electron chi connectivity index (χ3n) is 4.68. The Morgan fingerprint density at radius 2 is 1.83 bits per heavy atom. The van der Waals surface area contributed by atoms with Gasteiger partial charge in [-0.2, -0.15) is 0 Å². The Morgan fingerprint density at radius 3 is 2.57 bits per heavy atom. The zero-order valence-corrected chi connectivity index (χ0v) is 13.4. The minimum atomic E-state index is -1.28. The second-order valence-electron chi connectivity index (χ2n) is 6.28. The van der Waals surface area contributed by atoms with Gasteiger partial charge >= 0.3 is 6.16 Å². The van der Waals surface area contributed by atoms with E-state index in [1.165, 1.54) is 37.7 Å². The summed E-state index contributed by atoms with van der Waals surface area (Å²) in [5.41, 5.74) is 4.27. The molecule has 2 aromatic rings. The number of hydrogen-bond donors (Lipinski definition) is 1. The van der Waals surface area contributed by atoms with Crippen molar-refractivity contribution in [1.29, 1.82) is 0 Å². The number of hydrogen-bond acceptors (Lipinski definition) is 2. The highest BCUT2D eigenvalue weighted by Gasteiger charge is 2.17. The van der Waals surface area contributed by atoms with Crippen molar-refractivity contribution in [3.63, 3.8) is 0 Å². The molecule has 1 saturated carbocycles. The maximum absolute atomic E-state index is 11.0. The van der Waals surface area contributed by atoms with Gasteiger partial charge in [0.05, 0.1) is 0 Å². The van der Waals surface area contributed by atoms with Crippen LogP contribution in [0, 0.1) is 6.92 Å². The molecule has 3 rings (SSSR count). The molecule has 1 N–H and O–H groups in total. The molecule has 0 aromatic heterocycles. The molecule has 0 spiro atoms. The van der Waals surface area contributed by atoms with Gasteiger partial charge in [-0.25, -0.2) is 4.79 Å². The summed E-state index contributed by atoms with van der Waals surface area (Å²) in [6.45, 7) is 1.98. The SMILES string of the molecule is Cc1cccc(OC(=O)O)c1-c1cccc(C2CCCCC2)c1. The van der Waals surface area contributed by atoms with E-state index in [1.54, 1.807) is 6.07 Å². The molecular weight excluding hydrogens is 288 g/mol. The number of carbonyl (C=O) groups is 1. The molecule has 0 unspecified atom stereocenters. The van der Waals surface area contributed by atoms with Gasteiger partial charge in [-0.05, 0) is 48.4 Å². The lowest BCUT2D eigenvalue weighted by Gasteiger charge is -2.22. The van der Waals surface area contributed by atoms with E-state index in [-0.39, 0.29) is 0 Å². The number of aryl methyl sites for hydroxylation is 1. The van der Waals surface area contributed by atoms with Crippen LogP contribution in [0.1, 0.15) is 49.1 Å². The van der Waals surface area contributed by atoms with Crippen LogP contribution in [0.4, 0.5) is 4.79 Å². The summed E-state index contributed by atoms with van der Waals surface area (Å²) in [4.78, 5) is 11.0. The summed E-state index contributed by atoms with van der Waals surface area (Å²) in [5, 5.41) is 8.97. The van der Waals surface area contributed by atoms with Crippen molar-refractivity contribution in [3.05, 3.63) is 53.6 Å². The molecule has 3 nitrogen and oxygen atoms in total. The largest absolute Gasteiger partial charge is 0.511 e. The quantitative estimate of drug-likeness (QED) is 0.578. The minimum Gasteiger partial charge on any atom is -0.449 e. The molecule has 1 aliphatic carbocycles. The first-order valence-corrected chi connectivity index (χ1v) is 8.26. The highest BCUT2D eigenvalue weighted by molar-refractivity contribution is 5.77. The van der Waals surface area contributed by atoms with Crippen LogP contribution in [0.5, 0.6) is 5.75 Å². The Kier molecular flexibility index (Phi) is 4.65. The van der Waals surface area contributed by atoms with Crippen LogP contribution in [0.3, 0.4) is 0 Å². The smallest absolute Gasteiger partial charge is 0.449 e. The predicted octanol–water partition coefficient (Wildman–Crippen LogP) is 5.77. The molecule has 0 amide bonds. The molecule has 1 fully saturated rings. The van der Waals surface area contributed by atoms with Crippen LogP contribution in [0.15, 0.2) is 42.5 Å². The third kappa shape index (κ3) is 3.55. The van der Waals surface area contributed by atoms with Gasteiger partial charge in [-0.3, -0.25) is 0 Å². The van der Waals surface area contributed by atoms with Gasteiger partial charge < -0.3 is 9.84 Å². The maximum atomic E-state index is 11.0. The monoisotopic (exact) mass is 310 g/mol. The van der Waals surface area contributed by atoms with Gasteiger partial charge in [0.25, 0.3) is 0 Å². The Labute approximate surface area is 136 Å². The molecule has 0 aliphatic heterocycles. The van der Waals surface area contributed by atoms with Crippen LogP contribution in [-0.4, -0.2) is 11.3 Å². The number of carboxylic acid groups (broad SMARTS) is 1. The average molecular weight is 310 g/mol. The molecule has 120 valence electrons. The number of benzene rings is 2. The van der Waals surface area contributed by atoms with E-state index in [9.17, 15) is 4.79 Å². The molecule has 0 saturated heterocycles. The lowest BCUT2D eigenvalue weighted by molar-refractivity contribution is 0.144. The first kappa shape index (κ1) is 15.6. The van der Waals surface area contributed by atoms with Crippen LogP contribution in [-0.2, 0) is 0 Å². The first-order chi connectivity index (χ1) is 11.1. The second kappa shape index (κ2) is 6.86. The zero-order chi connectivity index (χ0) is 16.2. The Hall–Kier alpha value is -2.29. The van der Waals surface area contributed by atoms with Gasteiger partial charge in [0.1, 0.15) is 5.75 Å². The molecule has 2 aromatic carbocycles. The second-order valence-corrected chi connectivity index (χ2v) is 6.28. The van der Waals surface area contributed by atoms with E-state index >= 15 is 0 Å². The minimum absolute atomic E-state index is 0.401. The molecule has 23 heavy (non-hydrogen) atoms. The van der Waals surface area contributed by atoms with Crippen molar-refractivity contribution in [3.8, 4) is 16.9 Å². The predicted molar refractivity (Wildman–Crippen MR) is 91.1 cm³/mol. The van der Waals surface area contributed by atoms with Gasteiger partial charge in [0.15, 0.2) is 0 Å². The summed E-state index contributed by atoms with van der Waals surface area (Å²) < 4.78 is 4.98. The standard InChI is InChI=1S/C20H22O3/c1-14-7-5-12-18(23-20(21)22)19(14)17-11-6-10-16(13-17)15-8-3-2-4-9-15/h5-7,10-13,15H,2-4,8-9H2,1H3,(H,21,22). The Morgan fingerprint density at radius 1 is 1.09 bits per heavy atom. The summed E-state index contributed by atoms with van der Waals surface area (Å²) in [5.74, 6) is 1.02. The maximum Gasteiger partial charge on any atom is 0.511 e. The molecular formula is C20H22O3. The van der Waals surface area contributed by atoms with Crippen molar-refractivity contribution >= 4 is 6.16 Å². The Bertz CT molecular complexity index is 700. The third-order valence-corrected chi connectivity index (χ3v) is 4.68.